The molecule has 2 saturated heterocycles. The topological polar surface area (TPSA) is 79.8 Å². The van der Waals surface area contributed by atoms with Gasteiger partial charge in [0.15, 0.2) is 15.8 Å². The summed E-state index contributed by atoms with van der Waals surface area (Å²) in [6.45, 7) is 8.92. The van der Waals surface area contributed by atoms with Crippen molar-refractivity contribution in [2.24, 2.45) is 22.2 Å². The molecule has 3 aliphatic rings. The number of hydrogen-bond acceptors (Lipinski definition) is 4. The van der Waals surface area contributed by atoms with E-state index in [1.807, 2.05) is 0 Å². The molecule has 0 aromatic rings. The van der Waals surface area contributed by atoms with Gasteiger partial charge >= 0.3 is 0 Å². The Kier molecular flexibility index (Phi) is 7.03. The van der Waals surface area contributed by atoms with Gasteiger partial charge in [0, 0.05) is 37.1 Å². The van der Waals surface area contributed by atoms with Crippen molar-refractivity contribution in [3.8, 4) is 0 Å². The third kappa shape index (κ3) is 4.61. The SMILES string of the molecule is CCCNC(=NCC1CCS(=O)(=O)C1)NC1C2CCOC2C1(C)C.I. The molecular weight excluding hydrogens is 453 g/mol. The van der Waals surface area contributed by atoms with Crippen LogP contribution in [0.25, 0.3) is 0 Å². The lowest BCUT2D eigenvalue weighted by atomic mass is 9.57. The zero-order chi connectivity index (χ0) is 17.4. The summed E-state index contributed by atoms with van der Waals surface area (Å²) in [5.74, 6) is 2.14. The lowest BCUT2D eigenvalue weighted by molar-refractivity contribution is -0.106. The zero-order valence-electron chi connectivity index (χ0n) is 15.5. The molecular formula is C17H32IN3O3S. The summed E-state index contributed by atoms with van der Waals surface area (Å²) in [5.41, 5.74) is 0.104. The van der Waals surface area contributed by atoms with Crippen molar-refractivity contribution < 1.29 is 13.2 Å². The van der Waals surface area contributed by atoms with Gasteiger partial charge in [-0.2, -0.15) is 0 Å². The average Bonchev–Trinajstić information content (AvgIpc) is 3.11. The fraction of sp³-hybridized carbons (Fsp3) is 0.941. The fourth-order valence-corrected chi connectivity index (χ4v) is 6.25. The Morgan fingerprint density at radius 2 is 2.08 bits per heavy atom. The van der Waals surface area contributed by atoms with Crippen molar-refractivity contribution >= 4 is 39.8 Å². The number of nitrogens with one attached hydrogen (secondary N) is 2. The maximum Gasteiger partial charge on any atom is 0.191 e. The first-order valence-electron chi connectivity index (χ1n) is 9.20. The van der Waals surface area contributed by atoms with E-state index in [0.717, 1.165) is 38.4 Å². The van der Waals surface area contributed by atoms with Crippen LogP contribution in [0, 0.1) is 17.3 Å². The molecule has 6 nitrogen and oxygen atoms in total. The van der Waals surface area contributed by atoms with Gasteiger partial charge in [-0.3, -0.25) is 4.99 Å². The molecule has 2 N–H and O–H groups in total. The molecule has 1 aliphatic carbocycles. The quantitative estimate of drug-likeness (QED) is 0.353. The molecule has 0 aromatic heterocycles. The summed E-state index contributed by atoms with van der Waals surface area (Å²) in [6, 6.07) is 0.361. The van der Waals surface area contributed by atoms with E-state index in [-0.39, 0.29) is 41.1 Å². The lowest BCUT2D eigenvalue weighted by Crippen LogP contribution is -2.68. The molecule has 8 heteroatoms. The van der Waals surface area contributed by atoms with Crippen LogP contribution in [0.2, 0.25) is 0 Å². The standard InChI is InChI=1S/C17H31N3O3S.HI/c1-4-7-18-16(19-10-12-6-9-24(21,22)11-12)20-14-13-5-8-23-15(13)17(14,2)3;/h12-15H,4-11H2,1-3H3,(H2,18,19,20);1H. The van der Waals surface area contributed by atoms with E-state index in [2.05, 4.69) is 31.4 Å². The third-order valence-corrected chi connectivity index (χ3v) is 7.61. The molecule has 0 radical (unpaired) electrons. The molecule has 25 heavy (non-hydrogen) atoms. The van der Waals surface area contributed by atoms with E-state index in [1.165, 1.54) is 0 Å². The molecule has 3 rings (SSSR count). The van der Waals surface area contributed by atoms with Crippen molar-refractivity contribution in [3.63, 3.8) is 0 Å². The number of sulfone groups is 1. The van der Waals surface area contributed by atoms with Crippen molar-refractivity contribution in [1.82, 2.24) is 10.6 Å². The number of hydrogen-bond donors (Lipinski definition) is 2. The molecule has 0 aromatic carbocycles. The second kappa shape index (κ2) is 8.29. The van der Waals surface area contributed by atoms with Crippen molar-refractivity contribution in [1.29, 1.82) is 0 Å². The molecule has 146 valence electrons. The maximum atomic E-state index is 11.6. The van der Waals surface area contributed by atoms with Gasteiger partial charge in [-0.25, -0.2) is 8.42 Å². The molecule has 4 atom stereocenters. The Labute approximate surface area is 168 Å². The van der Waals surface area contributed by atoms with Crippen molar-refractivity contribution in [2.45, 2.75) is 52.2 Å². The Balaban J connectivity index is 0.00000225. The van der Waals surface area contributed by atoms with E-state index in [0.29, 0.717) is 30.4 Å². The van der Waals surface area contributed by atoms with Crippen LogP contribution in [0.4, 0.5) is 0 Å². The number of fused-ring (bicyclic) bond motifs is 1. The molecule has 2 heterocycles. The second-order valence-corrected chi connectivity index (χ2v) is 10.3. The smallest absolute Gasteiger partial charge is 0.191 e. The fourth-order valence-electron chi connectivity index (χ4n) is 4.40. The summed E-state index contributed by atoms with van der Waals surface area (Å²) in [6.07, 6.45) is 3.22. The summed E-state index contributed by atoms with van der Waals surface area (Å²) >= 11 is 0. The van der Waals surface area contributed by atoms with E-state index in [1.54, 1.807) is 0 Å². The molecule has 4 unspecified atom stereocenters. The van der Waals surface area contributed by atoms with Crippen molar-refractivity contribution in [3.05, 3.63) is 0 Å². The van der Waals surface area contributed by atoms with E-state index in [4.69, 9.17) is 9.73 Å². The van der Waals surface area contributed by atoms with E-state index >= 15 is 0 Å². The molecule has 0 amide bonds. The van der Waals surface area contributed by atoms with Crippen LogP contribution in [0.15, 0.2) is 4.99 Å². The minimum absolute atomic E-state index is 0. The lowest BCUT2D eigenvalue weighted by Gasteiger charge is -2.55. The number of rotatable bonds is 5. The van der Waals surface area contributed by atoms with Crippen LogP contribution < -0.4 is 10.6 Å². The number of halogens is 1. The normalized spacial score (nSPS) is 35.4. The first-order chi connectivity index (χ1) is 11.3. The highest BCUT2D eigenvalue weighted by molar-refractivity contribution is 14.0. The number of nitrogens with zero attached hydrogens (tertiary/aromatic N) is 1. The number of ether oxygens (including phenoxy) is 1. The van der Waals surface area contributed by atoms with Crippen LogP contribution in [-0.4, -0.2) is 57.7 Å². The third-order valence-electron chi connectivity index (χ3n) is 5.77. The molecule has 0 spiro atoms. The number of guanidine groups is 1. The second-order valence-electron chi connectivity index (χ2n) is 8.07. The van der Waals surface area contributed by atoms with Crippen LogP contribution >= 0.6 is 24.0 Å². The molecule has 1 saturated carbocycles. The Hall–Kier alpha value is -0.0900. The highest BCUT2D eigenvalue weighted by atomic mass is 127. The van der Waals surface area contributed by atoms with Crippen molar-refractivity contribution in [2.75, 3.05) is 31.2 Å². The predicted octanol–water partition coefficient (Wildman–Crippen LogP) is 1.80. The summed E-state index contributed by atoms with van der Waals surface area (Å²) in [4.78, 5) is 4.70. The monoisotopic (exact) mass is 485 g/mol. The first kappa shape index (κ1) is 21.2. The first-order valence-corrected chi connectivity index (χ1v) is 11.0. The van der Waals surface area contributed by atoms with Gasteiger partial charge in [0.1, 0.15) is 0 Å². The van der Waals surface area contributed by atoms with E-state index in [9.17, 15) is 8.42 Å². The minimum Gasteiger partial charge on any atom is -0.377 e. The highest BCUT2D eigenvalue weighted by Crippen LogP contribution is 2.52. The molecule has 0 bridgehead atoms. The highest BCUT2D eigenvalue weighted by Gasteiger charge is 2.59. The van der Waals surface area contributed by atoms with Crippen LogP contribution in [-0.2, 0) is 14.6 Å². The maximum absolute atomic E-state index is 11.6. The summed E-state index contributed by atoms with van der Waals surface area (Å²) < 4.78 is 29.1. The van der Waals surface area contributed by atoms with Gasteiger partial charge < -0.3 is 15.4 Å². The van der Waals surface area contributed by atoms with Gasteiger partial charge in [-0.1, -0.05) is 20.8 Å². The van der Waals surface area contributed by atoms with Gasteiger partial charge in [0.05, 0.1) is 17.6 Å². The van der Waals surface area contributed by atoms with Gasteiger partial charge in [-0.15, -0.1) is 24.0 Å². The summed E-state index contributed by atoms with van der Waals surface area (Å²) in [5, 5.41) is 6.98. The van der Waals surface area contributed by atoms with Gasteiger partial charge in [0.2, 0.25) is 0 Å². The van der Waals surface area contributed by atoms with Gasteiger partial charge in [0.25, 0.3) is 0 Å². The molecule has 2 aliphatic heterocycles. The van der Waals surface area contributed by atoms with Crippen LogP contribution in [0.3, 0.4) is 0 Å². The summed E-state index contributed by atoms with van der Waals surface area (Å²) in [7, 11) is -2.83. The molecule has 3 fully saturated rings. The predicted molar refractivity (Wildman–Crippen MR) is 111 cm³/mol. The zero-order valence-corrected chi connectivity index (χ0v) is 18.6. The largest absolute Gasteiger partial charge is 0.377 e. The van der Waals surface area contributed by atoms with Gasteiger partial charge in [-0.05, 0) is 25.2 Å². The Morgan fingerprint density at radius 1 is 1.32 bits per heavy atom. The number of aliphatic imine (C=N–C) groups is 1. The Bertz CT molecular complexity index is 594. The minimum atomic E-state index is -2.83. The van der Waals surface area contributed by atoms with Crippen LogP contribution in [0.1, 0.15) is 40.0 Å². The Morgan fingerprint density at radius 3 is 2.72 bits per heavy atom. The van der Waals surface area contributed by atoms with Crippen LogP contribution in [0.5, 0.6) is 0 Å². The van der Waals surface area contributed by atoms with E-state index < -0.39 is 9.84 Å². The average molecular weight is 485 g/mol.